The van der Waals surface area contributed by atoms with Crippen molar-refractivity contribution in [3.8, 4) is 11.8 Å². The Hall–Kier alpha value is -2.54. The van der Waals surface area contributed by atoms with Gasteiger partial charge in [-0.1, -0.05) is 5.92 Å². The number of amides is 1. The van der Waals surface area contributed by atoms with E-state index < -0.39 is 0 Å². The first-order valence-electron chi connectivity index (χ1n) is 9.51. The maximum atomic E-state index is 13.1. The largest absolute Gasteiger partial charge is 0.512 e. The summed E-state index contributed by atoms with van der Waals surface area (Å²) in [6, 6.07) is 3.95. The highest BCUT2D eigenvalue weighted by molar-refractivity contribution is 6.23. The maximum Gasteiger partial charge on any atom is 0.219 e. The van der Waals surface area contributed by atoms with Crippen LogP contribution in [-0.2, 0) is 9.59 Å². The third kappa shape index (κ3) is 3.64. The lowest BCUT2D eigenvalue weighted by atomic mass is 9.66. The Morgan fingerprint density at radius 3 is 2.22 bits per heavy atom. The van der Waals surface area contributed by atoms with Gasteiger partial charge in [-0.15, -0.1) is 5.92 Å². The van der Waals surface area contributed by atoms with Crippen LogP contribution in [0.15, 0.2) is 17.9 Å². The summed E-state index contributed by atoms with van der Waals surface area (Å²) in [6.45, 7) is 8.63. The van der Waals surface area contributed by atoms with Crippen LogP contribution < -0.4 is 0 Å². The SMILES string of the molecule is CC#Cc1cc(C)c(C2=C(O)CC3(CCN(C(C)=O)CC3)CC2=O)c(C)c1. The average Bonchev–Trinajstić information content (AvgIpc) is 2.57. The average molecular weight is 365 g/mol. The molecule has 0 unspecified atom stereocenters. The van der Waals surface area contributed by atoms with Crippen LogP contribution in [0.1, 0.15) is 61.8 Å². The molecule has 1 saturated heterocycles. The number of allylic oxidation sites excluding steroid dienone is 2. The van der Waals surface area contributed by atoms with Gasteiger partial charge in [0.1, 0.15) is 5.76 Å². The van der Waals surface area contributed by atoms with Crippen LogP contribution in [0.3, 0.4) is 0 Å². The van der Waals surface area contributed by atoms with Gasteiger partial charge >= 0.3 is 0 Å². The molecular weight excluding hydrogens is 338 g/mol. The van der Waals surface area contributed by atoms with Crippen molar-refractivity contribution in [3.63, 3.8) is 0 Å². The molecule has 27 heavy (non-hydrogen) atoms. The number of likely N-dealkylation sites (tertiary alicyclic amines) is 1. The third-order valence-electron chi connectivity index (χ3n) is 5.97. The van der Waals surface area contributed by atoms with E-state index in [0.29, 0.717) is 31.5 Å². The molecule has 1 aliphatic heterocycles. The normalized spacial score (nSPS) is 19.1. The number of rotatable bonds is 1. The summed E-state index contributed by atoms with van der Waals surface area (Å²) in [6.07, 6.45) is 2.47. The fraction of sp³-hybridized carbons (Fsp3) is 0.478. The fourth-order valence-electron chi connectivity index (χ4n) is 4.60. The van der Waals surface area contributed by atoms with Crippen molar-refractivity contribution >= 4 is 17.3 Å². The van der Waals surface area contributed by atoms with E-state index in [2.05, 4.69) is 11.8 Å². The van der Waals surface area contributed by atoms with E-state index in [9.17, 15) is 14.7 Å². The summed E-state index contributed by atoms with van der Waals surface area (Å²) in [7, 11) is 0. The summed E-state index contributed by atoms with van der Waals surface area (Å²) < 4.78 is 0. The van der Waals surface area contributed by atoms with Crippen LogP contribution >= 0.6 is 0 Å². The Morgan fingerprint density at radius 1 is 1.15 bits per heavy atom. The molecule has 142 valence electrons. The van der Waals surface area contributed by atoms with Gasteiger partial charge in [0.2, 0.25) is 5.91 Å². The number of nitrogens with zero attached hydrogens (tertiary/aromatic N) is 1. The number of carbonyl (C=O) groups excluding carboxylic acids is 2. The van der Waals surface area contributed by atoms with Gasteiger partial charge in [-0.3, -0.25) is 9.59 Å². The highest BCUT2D eigenvalue weighted by atomic mass is 16.3. The smallest absolute Gasteiger partial charge is 0.219 e. The molecule has 1 spiro atoms. The Bertz CT molecular complexity index is 867. The second-order valence-corrected chi connectivity index (χ2v) is 7.96. The van der Waals surface area contributed by atoms with Gasteiger partial charge in [0.05, 0.1) is 5.57 Å². The van der Waals surface area contributed by atoms with E-state index in [0.717, 1.165) is 35.1 Å². The number of hydrogen-bond donors (Lipinski definition) is 1. The number of hydrogen-bond acceptors (Lipinski definition) is 3. The van der Waals surface area contributed by atoms with Crippen molar-refractivity contribution in [2.45, 2.75) is 53.4 Å². The van der Waals surface area contributed by atoms with Crippen molar-refractivity contribution in [3.05, 3.63) is 40.1 Å². The zero-order chi connectivity index (χ0) is 19.8. The minimum absolute atomic E-state index is 0.00977. The molecule has 0 radical (unpaired) electrons. The number of aliphatic hydroxyl groups excluding tert-OH is 1. The molecule has 0 aromatic heterocycles. The van der Waals surface area contributed by atoms with E-state index in [1.165, 1.54) is 0 Å². The summed E-state index contributed by atoms with van der Waals surface area (Å²) >= 11 is 0. The number of Topliss-reactive ketones (excluding diaryl/α,β-unsaturated/α-hetero) is 1. The number of ketones is 1. The summed E-state index contributed by atoms with van der Waals surface area (Å²) in [4.78, 5) is 26.5. The molecule has 4 heteroatoms. The van der Waals surface area contributed by atoms with E-state index in [4.69, 9.17) is 0 Å². The topological polar surface area (TPSA) is 57.6 Å². The second-order valence-electron chi connectivity index (χ2n) is 7.96. The van der Waals surface area contributed by atoms with Crippen molar-refractivity contribution in [2.75, 3.05) is 13.1 Å². The predicted octanol–water partition coefficient (Wildman–Crippen LogP) is 3.94. The van der Waals surface area contributed by atoms with Crippen LogP contribution in [0.5, 0.6) is 0 Å². The van der Waals surface area contributed by atoms with Crippen molar-refractivity contribution in [2.24, 2.45) is 5.41 Å². The first-order valence-corrected chi connectivity index (χ1v) is 9.51. The Balaban J connectivity index is 1.94. The Morgan fingerprint density at radius 2 is 1.74 bits per heavy atom. The highest BCUT2D eigenvalue weighted by Gasteiger charge is 2.43. The molecule has 0 saturated carbocycles. The van der Waals surface area contributed by atoms with E-state index >= 15 is 0 Å². The predicted molar refractivity (Wildman–Crippen MR) is 106 cm³/mol. The molecule has 0 atom stereocenters. The first kappa shape index (κ1) is 19.2. The number of piperidine rings is 1. The molecule has 1 amide bonds. The van der Waals surface area contributed by atoms with Gasteiger partial charge in [-0.25, -0.2) is 0 Å². The van der Waals surface area contributed by atoms with Gasteiger partial charge in [0.25, 0.3) is 0 Å². The van der Waals surface area contributed by atoms with Crippen molar-refractivity contribution in [1.29, 1.82) is 0 Å². The zero-order valence-corrected chi connectivity index (χ0v) is 16.6. The zero-order valence-electron chi connectivity index (χ0n) is 16.6. The molecular formula is C23H27NO3. The van der Waals surface area contributed by atoms with Crippen LogP contribution in [-0.4, -0.2) is 34.8 Å². The van der Waals surface area contributed by atoms with Gasteiger partial charge < -0.3 is 10.0 Å². The number of carbonyl (C=O) groups is 2. The van der Waals surface area contributed by atoms with E-state index in [1.54, 1.807) is 13.8 Å². The lowest BCUT2D eigenvalue weighted by Crippen LogP contribution is -2.44. The molecule has 1 aromatic carbocycles. The minimum Gasteiger partial charge on any atom is -0.512 e. The Labute approximate surface area is 161 Å². The fourth-order valence-corrected chi connectivity index (χ4v) is 4.60. The van der Waals surface area contributed by atoms with Crippen LogP contribution in [0.25, 0.3) is 5.57 Å². The van der Waals surface area contributed by atoms with Crippen LogP contribution in [0.2, 0.25) is 0 Å². The lowest BCUT2D eigenvalue weighted by molar-refractivity contribution is -0.131. The number of aliphatic hydroxyl groups is 1. The van der Waals surface area contributed by atoms with E-state index in [-0.39, 0.29) is 22.9 Å². The summed E-state index contributed by atoms with van der Waals surface area (Å²) in [5, 5.41) is 10.9. The molecule has 0 bridgehead atoms. The summed E-state index contributed by atoms with van der Waals surface area (Å²) in [5.41, 5.74) is 3.95. The molecule has 1 aromatic rings. The minimum atomic E-state index is -0.216. The van der Waals surface area contributed by atoms with Gasteiger partial charge in [-0.2, -0.15) is 0 Å². The van der Waals surface area contributed by atoms with Crippen LogP contribution in [0.4, 0.5) is 0 Å². The lowest BCUT2D eigenvalue weighted by Gasteiger charge is -2.43. The van der Waals surface area contributed by atoms with Crippen molar-refractivity contribution < 1.29 is 14.7 Å². The molecule has 1 aliphatic carbocycles. The monoisotopic (exact) mass is 365 g/mol. The highest BCUT2D eigenvalue weighted by Crippen LogP contribution is 2.47. The van der Waals surface area contributed by atoms with E-state index in [1.807, 2.05) is 30.9 Å². The maximum absolute atomic E-state index is 13.1. The molecule has 3 rings (SSSR count). The standard InChI is InChI=1S/C23H27NO3/c1-5-6-18-11-15(2)21(16(3)12-18)22-19(26)13-23(14-20(22)27)7-9-24(10-8-23)17(4)25/h11-12,26H,7-10,13-14H2,1-4H3. The first-order chi connectivity index (χ1) is 12.8. The molecule has 4 nitrogen and oxygen atoms in total. The molecule has 1 fully saturated rings. The van der Waals surface area contributed by atoms with Gasteiger partial charge in [0, 0.05) is 38.4 Å². The number of benzene rings is 1. The van der Waals surface area contributed by atoms with Crippen molar-refractivity contribution in [1.82, 2.24) is 4.90 Å². The third-order valence-corrected chi connectivity index (χ3v) is 5.97. The second kappa shape index (κ2) is 7.23. The van der Waals surface area contributed by atoms with Crippen LogP contribution in [0, 0.1) is 31.1 Å². The molecule has 2 aliphatic rings. The quantitative estimate of drug-likeness (QED) is 0.767. The molecule has 1 heterocycles. The number of aryl methyl sites for hydroxylation is 2. The summed E-state index contributed by atoms with van der Waals surface area (Å²) in [5.74, 6) is 6.24. The molecule has 1 N–H and O–H groups in total. The van der Waals surface area contributed by atoms with Gasteiger partial charge in [0.15, 0.2) is 5.78 Å². The van der Waals surface area contributed by atoms with Gasteiger partial charge in [-0.05, 0) is 67.9 Å². The Kier molecular flexibility index (Phi) is 5.15.